The molecule has 28 heavy (non-hydrogen) atoms. The minimum Gasteiger partial charge on any atom is -0.357 e. The van der Waals surface area contributed by atoms with Crippen LogP contribution in [0.25, 0.3) is 5.65 Å². The van der Waals surface area contributed by atoms with Crippen LogP contribution in [-0.2, 0) is 26.3 Å². The van der Waals surface area contributed by atoms with Crippen molar-refractivity contribution in [2.75, 3.05) is 6.54 Å². The third-order valence-electron chi connectivity index (χ3n) is 3.72. The van der Waals surface area contributed by atoms with Crippen LogP contribution in [-0.4, -0.2) is 36.9 Å². The van der Waals surface area contributed by atoms with Gasteiger partial charge in [-0.1, -0.05) is 6.07 Å². The Morgan fingerprint density at radius 1 is 1.21 bits per heavy atom. The quantitative estimate of drug-likeness (QED) is 0.314. The molecular weight excluding hydrogens is 488 g/mol. The summed E-state index contributed by atoms with van der Waals surface area (Å²) in [6, 6.07) is 5.55. The van der Waals surface area contributed by atoms with Gasteiger partial charge in [-0.25, -0.2) is 4.99 Å². The number of pyridine rings is 1. The lowest BCUT2D eigenvalue weighted by molar-refractivity contribution is -0.142. The second-order valence-corrected chi connectivity index (χ2v) is 5.77. The smallest absolute Gasteiger partial charge is 0.357 e. The molecule has 0 aliphatic carbocycles. The highest BCUT2D eigenvalue weighted by atomic mass is 127. The van der Waals surface area contributed by atoms with E-state index in [-0.39, 0.29) is 36.1 Å². The van der Waals surface area contributed by atoms with Gasteiger partial charge in [-0.15, -0.1) is 34.2 Å². The maximum absolute atomic E-state index is 13.0. The van der Waals surface area contributed by atoms with E-state index in [0.717, 1.165) is 4.68 Å². The normalized spacial score (nSPS) is 12.1. The first kappa shape index (κ1) is 21.9. The first-order valence-electron chi connectivity index (χ1n) is 8.29. The Bertz CT molecular complexity index is 947. The molecule has 3 aromatic heterocycles. The maximum atomic E-state index is 13.0. The third kappa shape index (κ3) is 5.11. The molecule has 0 bridgehead atoms. The number of rotatable bonds is 5. The van der Waals surface area contributed by atoms with E-state index in [9.17, 15) is 13.2 Å². The van der Waals surface area contributed by atoms with E-state index in [2.05, 4.69) is 30.9 Å². The zero-order valence-corrected chi connectivity index (χ0v) is 17.6. The van der Waals surface area contributed by atoms with Crippen LogP contribution in [0.1, 0.15) is 24.0 Å². The molecule has 2 N–H and O–H groups in total. The minimum atomic E-state index is -4.52. The van der Waals surface area contributed by atoms with Crippen LogP contribution in [0.4, 0.5) is 13.2 Å². The SMILES string of the molecule is CCNC(=NCc1cn(C)nc1C(F)(F)F)NCc1nnc2ccccn12.I. The molecule has 0 radical (unpaired) electrons. The molecule has 3 aromatic rings. The highest BCUT2D eigenvalue weighted by Crippen LogP contribution is 2.30. The van der Waals surface area contributed by atoms with E-state index in [1.54, 1.807) is 0 Å². The zero-order valence-electron chi connectivity index (χ0n) is 15.2. The van der Waals surface area contributed by atoms with E-state index in [4.69, 9.17) is 0 Å². The predicted octanol–water partition coefficient (Wildman–Crippen LogP) is 2.35. The summed E-state index contributed by atoms with van der Waals surface area (Å²) in [4.78, 5) is 4.23. The van der Waals surface area contributed by atoms with Crippen molar-refractivity contribution >= 4 is 35.6 Å². The average molecular weight is 508 g/mol. The van der Waals surface area contributed by atoms with Crippen LogP contribution in [0.15, 0.2) is 35.6 Å². The fourth-order valence-corrected chi connectivity index (χ4v) is 2.57. The number of fused-ring (bicyclic) bond motifs is 1. The van der Waals surface area contributed by atoms with Gasteiger partial charge >= 0.3 is 6.18 Å². The van der Waals surface area contributed by atoms with Gasteiger partial charge in [-0.3, -0.25) is 9.08 Å². The van der Waals surface area contributed by atoms with Gasteiger partial charge < -0.3 is 10.6 Å². The van der Waals surface area contributed by atoms with Crippen LogP contribution in [0, 0.1) is 0 Å². The Kier molecular flexibility index (Phi) is 7.21. The van der Waals surface area contributed by atoms with Crippen molar-refractivity contribution in [1.82, 2.24) is 35.0 Å². The van der Waals surface area contributed by atoms with E-state index >= 15 is 0 Å². The fourth-order valence-electron chi connectivity index (χ4n) is 2.57. The van der Waals surface area contributed by atoms with Crippen molar-refractivity contribution in [2.45, 2.75) is 26.2 Å². The molecule has 152 valence electrons. The number of alkyl halides is 3. The molecule has 0 fully saturated rings. The first-order valence-corrected chi connectivity index (χ1v) is 8.29. The van der Waals surface area contributed by atoms with Gasteiger partial charge in [-0.05, 0) is 19.1 Å². The van der Waals surface area contributed by atoms with E-state index in [1.165, 1.54) is 13.2 Å². The highest BCUT2D eigenvalue weighted by Gasteiger charge is 2.36. The van der Waals surface area contributed by atoms with Crippen LogP contribution in [0.2, 0.25) is 0 Å². The number of guanidine groups is 1. The molecule has 12 heteroatoms. The molecule has 0 unspecified atom stereocenters. The molecule has 0 saturated heterocycles. The standard InChI is InChI=1S/C16H19F3N8.HI/c1-3-20-15(21-8-11-10-26(2)25-14(11)16(17,18)19)22-9-13-24-23-12-6-4-5-7-27(12)13;/h4-7,10H,3,8-9H2,1-2H3,(H2,20,21,22);1H. The number of halogens is 4. The molecule has 0 saturated carbocycles. The van der Waals surface area contributed by atoms with Crippen molar-refractivity contribution < 1.29 is 13.2 Å². The Morgan fingerprint density at radius 3 is 2.71 bits per heavy atom. The Balaban J connectivity index is 0.00000280. The molecule has 8 nitrogen and oxygen atoms in total. The minimum absolute atomic E-state index is 0. The first-order chi connectivity index (χ1) is 12.9. The lowest BCUT2D eigenvalue weighted by atomic mass is 10.2. The summed E-state index contributed by atoms with van der Waals surface area (Å²) < 4.78 is 42.1. The van der Waals surface area contributed by atoms with Crippen LogP contribution >= 0.6 is 24.0 Å². The van der Waals surface area contributed by atoms with Crippen molar-refractivity contribution in [3.05, 3.63) is 47.7 Å². The van der Waals surface area contributed by atoms with Crippen LogP contribution in [0.3, 0.4) is 0 Å². The van der Waals surface area contributed by atoms with E-state index in [1.807, 2.05) is 35.7 Å². The van der Waals surface area contributed by atoms with Gasteiger partial charge in [0.1, 0.15) is 0 Å². The summed E-state index contributed by atoms with van der Waals surface area (Å²) in [6.45, 7) is 2.59. The van der Waals surface area contributed by atoms with Gasteiger partial charge in [0, 0.05) is 31.5 Å². The van der Waals surface area contributed by atoms with Crippen LogP contribution < -0.4 is 10.6 Å². The summed E-state index contributed by atoms with van der Waals surface area (Å²) in [5.41, 5.74) is -0.204. The van der Waals surface area contributed by atoms with Crippen molar-refractivity contribution in [3.8, 4) is 0 Å². The highest BCUT2D eigenvalue weighted by molar-refractivity contribution is 14.0. The largest absolute Gasteiger partial charge is 0.435 e. The number of hydrogen-bond donors (Lipinski definition) is 2. The number of nitrogens with one attached hydrogen (secondary N) is 2. The van der Waals surface area contributed by atoms with Gasteiger partial charge in [0.15, 0.2) is 23.1 Å². The fraction of sp³-hybridized carbons (Fsp3) is 0.375. The summed E-state index contributed by atoms with van der Waals surface area (Å²) in [6.07, 6.45) is -1.36. The van der Waals surface area contributed by atoms with Crippen molar-refractivity contribution in [3.63, 3.8) is 0 Å². The molecule has 0 aliphatic heterocycles. The topological polar surface area (TPSA) is 84.4 Å². The Hall–Kier alpha value is -2.38. The van der Waals surface area contributed by atoms with Gasteiger partial charge in [-0.2, -0.15) is 18.3 Å². The number of aliphatic imine (C=N–C) groups is 1. The molecular formula is C16H20F3IN8. The van der Waals surface area contributed by atoms with Gasteiger partial charge in [0.2, 0.25) is 0 Å². The Labute approximate surface area is 176 Å². The molecule has 0 spiro atoms. The lowest BCUT2D eigenvalue weighted by Gasteiger charge is -2.11. The monoisotopic (exact) mass is 508 g/mol. The summed E-state index contributed by atoms with van der Waals surface area (Å²) in [5.74, 6) is 1.04. The molecule has 0 amide bonds. The maximum Gasteiger partial charge on any atom is 0.435 e. The van der Waals surface area contributed by atoms with Crippen LogP contribution in [0.5, 0.6) is 0 Å². The van der Waals surface area contributed by atoms with E-state index < -0.39 is 11.9 Å². The second-order valence-electron chi connectivity index (χ2n) is 5.77. The number of aryl methyl sites for hydroxylation is 1. The molecule has 3 rings (SSSR count). The molecule has 0 aliphatic rings. The molecule has 0 aromatic carbocycles. The van der Waals surface area contributed by atoms with Crippen molar-refractivity contribution in [2.24, 2.45) is 12.0 Å². The predicted molar refractivity (Wildman–Crippen MR) is 108 cm³/mol. The summed E-state index contributed by atoms with van der Waals surface area (Å²) >= 11 is 0. The number of nitrogens with zero attached hydrogens (tertiary/aromatic N) is 6. The van der Waals surface area contributed by atoms with Crippen molar-refractivity contribution in [1.29, 1.82) is 0 Å². The van der Waals surface area contributed by atoms with E-state index in [0.29, 0.717) is 30.5 Å². The average Bonchev–Trinajstić information content (AvgIpc) is 3.20. The molecule has 3 heterocycles. The van der Waals surface area contributed by atoms with Gasteiger partial charge in [0.25, 0.3) is 0 Å². The Morgan fingerprint density at radius 2 is 2.00 bits per heavy atom. The second kappa shape index (κ2) is 9.21. The zero-order chi connectivity index (χ0) is 19.4. The summed E-state index contributed by atoms with van der Waals surface area (Å²) in [5, 5.41) is 17.7. The number of aromatic nitrogens is 5. The third-order valence-corrected chi connectivity index (χ3v) is 3.72. The van der Waals surface area contributed by atoms with Gasteiger partial charge in [0.05, 0.1) is 13.1 Å². The number of hydrogen-bond acceptors (Lipinski definition) is 4. The lowest BCUT2D eigenvalue weighted by Crippen LogP contribution is -2.37. The molecule has 0 atom stereocenters. The summed E-state index contributed by atoms with van der Waals surface area (Å²) in [7, 11) is 1.45.